The number of piperazine rings is 1. The molecule has 2 nitrogen and oxygen atoms in total. The van der Waals surface area contributed by atoms with Crippen LogP contribution < -0.4 is 0 Å². The second kappa shape index (κ2) is 9.65. The van der Waals surface area contributed by atoms with Gasteiger partial charge in [-0.3, -0.25) is 4.90 Å². The van der Waals surface area contributed by atoms with E-state index in [4.69, 9.17) is 0 Å². The summed E-state index contributed by atoms with van der Waals surface area (Å²) in [6, 6.07) is 0. The molecule has 1 unspecified atom stereocenters. The van der Waals surface area contributed by atoms with Crippen LogP contribution in [0, 0.1) is 35.0 Å². The van der Waals surface area contributed by atoms with Gasteiger partial charge in [-0.1, -0.05) is 33.1 Å². The van der Waals surface area contributed by atoms with Crippen LogP contribution in [0.5, 0.6) is 0 Å². The van der Waals surface area contributed by atoms with Crippen LogP contribution in [0.1, 0.15) is 45.1 Å². The van der Waals surface area contributed by atoms with Crippen molar-refractivity contribution in [2.45, 2.75) is 46.1 Å². The highest BCUT2D eigenvalue weighted by atomic mass is 19.2. The van der Waals surface area contributed by atoms with E-state index in [1.54, 1.807) is 4.90 Å². The summed E-state index contributed by atoms with van der Waals surface area (Å²) in [6.07, 6.45) is 4.69. The fourth-order valence-electron chi connectivity index (χ4n) is 3.43. The average molecular weight is 378 g/mol. The Hall–Kier alpha value is -1.21. The average Bonchev–Trinajstić information content (AvgIpc) is 2.66. The number of hydrogen-bond donors (Lipinski definition) is 0. The first-order valence-electron chi connectivity index (χ1n) is 9.33. The fourth-order valence-corrected chi connectivity index (χ4v) is 3.43. The molecule has 2 rings (SSSR count). The number of benzene rings is 1. The lowest BCUT2D eigenvalue weighted by molar-refractivity contribution is 0.108. The van der Waals surface area contributed by atoms with Crippen LogP contribution in [0.25, 0.3) is 0 Å². The molecule has 1 aliphatic heterocycles. The van der Waals surface area contributed by atoms with Gasteiger partial charge in [0.05, 0.1) is 0 Å². The molecule has 7 heteroatoms. The Balaban J connectivity index is 1.93. The third kappa shape index (κ3) is 4.94. The third-order valence-corrected chi connectivity index (χ3v) is 5.21. The maximum absolute atomic E-state index is 13.8. The van der Waals surface area contributed by atoms with Gasteiger partial charge in [-0.15, -0.1) is 0 Å². The fraction of sp³-hybridized carbons (Fsp3) is 0.684. The molecule has 1 aliphatic rings. The van der Waals surface area contributed by atoms with Crippen molar-refractivity contribution in [1.29, 1.82) is 0 Å². The van der Waals surface area contributed by atoms with Gasteiger partial charge in [0.25, 0.3) is 0 Å². The van der Waals surface area contributed by atoms with E-state index in [0.717, 1.165) is 26.1 Å². The maximum Gasteiger partial charge on any atom is 0.200 e. The molecule has 0 amide bonds. The predicted octanol–water partition coefficient (Wildman–Crippen LogP) is 4.72. The van der Waals surface area contributed by atoms with Crippen molar-refractivity contribution < 1.29 is 22.0 Å². The molecule has 1 aromatic carbocycles. The smallest absolute Gasteiger partial charge is 0.200 e. The first-order valence-corrected chi connectivity index (χ1v) is 9.33. The number of unbranched alkanes of at least 4 members (excludes halogenated alkanes) is 1. The SMILES string of the molecule is CCCCC(CC)CN1CCN(Cc2c(F)c(F)c(F)c(F)c2F)CC1. The monoisotopic (exact) mass is 378 g/mol. The Morgan fingerprint density at radius 3 is 1.77 bits per heavy atom. The topological polar surface area (TPSA) is 6.48 Å². The molecule has 1 saturated heterocycles. The van der Waals surface area contributed by atoms with Crippen LogP contribution in [0.2, 0.25) is 0 Å². The molecule has 0 N–H and O–H groups in total. The van der Waals surface area contributed by atoms with E-state index < -0.39 is 34.6 Å². The number of halogens is 5. The van der Waals surface area contributed by atoms with E-state index >= 15 is 0 Å². The van der Waals surface area contributed by atoms with Crippen molar-refractivity contribution >= 4 is 0 Å². The second-order valence-electron chi connectivity index (χ2n) is 7.04. The molecule has 0 radical (unpaired) electrons. The van der Waals surface area contributed by atoms with E-state index in [1.165, 1.54) is 19.3 Å². The van der Waals surface area contributed by atoms with E-state index in [0.29, 0.717) is 19.0 Å². The molecule has 1 aromatic rings. The Morgan fingerprint density at radius 2 is 1.27 bits per heavy atom. The van der Waals surface area contributed by atoms with Crippen LogP contribution in [0.3, 0.4) is 0 Å². The first-order chi connectivity index (χ1) is 12.4. The maximum atomic E-state index is 13.8. The molecule has 1 heterocycles. The lowest BCUT2D eigenvalue weighted by Gasteiger charge is -2.36. The van der Waals surface area contributed by atoms with Gasteiger partial charge in [-0.25, -0.2) is 22.0 Å². The van der Waals surface area contributed by atoms with Gasteiger partial charge in [-0.2, -0.15) is 0 Å². The summed E-state index contributed by atoms with van der Waals surface area (Å²) < 4.78 is 67.4. The molecule has 26 heavy (non-hydrogen) atoms. The van der Waals surface area contributed by atoms with Crippen LogP contribution in [0.4, 0.5) is 22.0 Å². The van der Waals surface area contributed by atoms with Crippen LogP contribution >= 0.6 is 0 Å². The number of rotatable bonds is 8. The minimum Gasteiger partial charge on any atom is -0.301 e. The second-order valence-corrected chi connectivity index (χ2v) is 7.04. The Kier molecular flexibility index (Phi) is 7.83. The van der Waals surface area contributed by atoms with E-state index in [-0.39, 0.29) is 6.54 Å². The van der Waals surface area contributed by atoms with Crippen molar-refractivity contribution in [2.24, 2.45) is 5.92 Å². The summed E-state index contributed by atoms with van der Waals surface area (Å²) in [5, 5.41) is 0. The summed E-state index contributed by atoms with van der Waals surface area (Å²) in [5.74, 6) is -8.68. The Bertz CT molecular complexity index is 571. The van der Waals surface area contributed by atoms with Gasteiger partial charge in [0.1, 0.15) is 0 Å². The van der Waals surface area contributed by atoms with Crippen molar-refractivity contribution in [2.75, 3.05) is 32.7 Å². The highest BCUT2D eigenvalue weighted by Gasteiger charge is 2.28. The third-order valence-electron chi connectivity index (χ3n) is 5.21. The van der Waals surface area contributed by atoms with Crippen molar-refractivity contribution in [3.8, 4) is 0 Å². The van der Waals surface area contributed by atoms with Gasteiger partial charge < -0.3 is 4.90 Å². The molecule has 148 valence electrons. The van der Waals surface area contributed by atoms with Crippen molar-refractivity contribution in [3.05, 3.63) is 34.6 Å². The highest BCUT2D eigenvalue weighted by molar-refractivity contribution is 5.24. The zero-order valence-corrected chi connectivity index (χ0v) is 15.4. The summed E-state index contributed by atoms with van der Waals surface area (Å²) in [5.41, 5.74) is -0.746. The van der Waals surface area contributed by atoms with Gasteiger partial charge in [-0.05, 0) is 12.3 Å². The predicted molar refractivity (Wildman–Crippen MR) is 91.3 cm³/mol. The minimum absolute atomic E-state index is 0.271. The quantitative estimate of drug-likeness (QED) is 0.367. The van der Waals surface area contributed by atoms with Gasteiger partial charge in [0.2, 0.25) is 5.82 Å². The molecule has 1 atom stereocenters. The Labute approximate surface area is 152 Å². The lowest BCUT2D eigenvalue weighted by atomic mass is 9.98. The molecule has 0 saturated carbocycles. The zero-order valence-electron chi connectivity index (χ0n) is 15.4. The van der Waals surface area contributed by atoms with E-state index in [1.807, 2.05) is 0 Å². The molecule has 0 spiro atoms. The van der Waals surface area contributed by atoms with Crippen LogP contribution in [-0.2, 0) is 6.54 Å². The standard InChI is InChI=1S/C19H27F5N2/c1-3-5-6-13(4-2)11-25-7-9-26(10-8-25)12-14-15(20)17(22)19(24)18(23)16(14)21/h13H,3-12H2,1-2H3. The van der Waals surface area contributed by atoms with Gasteiger partial charge in [0, 0.05) is 44.8 Å². The summed E-state index contributed by atoms with van der Waals surface area (Å²) in [6.45, 7) is 7.63. The zero-order chi connectivity index (χ0) is 19.3. The number of nitrogens with zero attached hydrogens (tertiary/aromatic N) is 2. The first kappa shape index (κ1) is 21.1. The van der Waals surface area contributed by atoms with E-state index in [2.05, 4.69) is 18.7 Å². The van der Waals surface area contributed by atoms with Gasteiger partial charge >= 0.3 is 0 Å². The van der Waals surface area contributed by atoms with E-state index in [9.17, 15) is 22.0 Å². The highest BCUT2D eigenvalue weighted by Crippen LogP contribution is 2.25. The van der Waals surface area contributed by atoms with Crippen molar-refractivity contribution in [3.63, 3.8) is 0 Å². The molecule has 0 aliphatic carbocycles. The Morgan fingerprint density at radius 1 is 0.769 bits per heavy atom. The van der Waals surface area contributed by atoms with Crippen LogP contribution in [0.15, 0.2) is 0 Å². The molecule has 0 aromatic heterocycles. The molecule has 1 fully saturated rings. The lowest BCUT2D eigenvalue weighted by Crippen LogP contribution is -2.47. The normalized spacial score (nSPS) is 17.7. The minimum atomic E-state index is -2.11. The summed E-state index contributed by atoms with van der Waals surface area (Å²) in [4.78, 5) is 4.06. The summed E-state index contributed by atoms with van der Waals surface area (Å²) >= 11 is 0. The number of hydrogen-bond acceptors (Lipinski definition) is 2. The van der Waals surface area contributed by atoms with Gasteiger partial charge in [0.15, 0.2) is 23.3 Å². The molecular weight excluding hydrogens is 351 g/mol. The van der Waals surface area contributed by atoms with Crippen molar-refractivity contribution in [1.82, 2.24) is 9.80 Å². The van der Waals surface area contributed by atoms with Crippen LogP contribution in [-0.4, -0.2) is 42.5 Å². The largest absolute Gasteiger partial charge is 0.301 e. The summed E-state index contributed by atoms with van der Waals surface area (Å²) in [7, 11) is 0. The molecular formula is C19H27F5N2. The molecule has 0 bridgehead atoms.